The Balaban J connectivity index is 2.19. The molecule has 0 spiro atoms. The number of nitrogens with one attached hydrogen (secondary N) is 2. The average Bonchev–Trinajstić information content (AvgIpc) is 2.26. The van der Waals surface area contributed by atoms with Crippen molar-refractivity contribution in [2.24, 2.45) is 5.92 Å². The van der Waals surface area contributed by atoms with E-state index in [1.165, 1.54) is 0 Å². The largest absolute Gasteiger partial charge is 0.355 e. The summed E-state index contributed by atoms with van der Waals surface area (Å²) in [6, 6.07) is 0. The van der Waals surface area contributed by atoms with E-state index in [0.29, 0.717) is 5.25 Å². The van der Waals surface area contributed by atoms with Gasteiger partial charge in [-0.15, -0.1) is 0 Å². The van der Waals surface area contributed by atoms with E-state index in [-0.39, 0.29) is 11.8 Å². The van der Waals surface area contributed by atoms with Crippen LogP contribution in [0.3, 0.4) is 0 Å². The van der Waals surface area contributed by atoms with Crippen molar-refractivity contribution in [3.8, 4) is 0 Å². The molecule has 0 saturated carbocycles. The molecule has 14 heavy (non-hydrogen) atoms. The Labute approximate surface area is 90.4 Å². The molecule has 2 N–H and O–H groups in total. The van der Waals surface area contributed by atoms with Crippen molar-refractivity contribution in [1.82, 2.24) is 10.6 Å². The molecule has 2 atom stereocenters. The van der Waals surface area contributed by atoms with Crippen molar-refractivity contribution in [2.45, 2.75) is 25.0 Å². The van der Waals surface area contributed by atoms with Gasteiger partial charge in [0.25, 0.3) is 0 Å². The molecule has 1 rings (SSSR count). The summed E-state index contributed by atoms with van der Waals surface area (Å²) in [5.41, 5.74) is 0. The number of hydrogen-bond donors (Lipinski definition) is 2. The lowest BCUT2D eigenvalue weighted by Gasteiger charge is -2.22. The third-order valence-electron chi connectivity index (χ3n) is 2.63. The van der Waals surface area contributed by atoms with Crippen LogP contribution in [0.25, 0.3) is 0 Å². The van der Waals surface area contributed by atoms with E-state index < -0.39 is 0 Å². The van der Waals surface area contributed by atoms with Gasteiger partial charge in [0.2, 0.25) is 5.91 Å². The maximum absolute atomic E-state index is 11.7. The van der Waals surface area contributed by atoms with E-state index in [2.05, 4.69) is 23.8 Å². The first kappa shape index (κ1) is 11.9. The van der Waals surface area contributed by atoms with Gasteiger partial charge < -0.3 is 10.6 Å². The quantitative estimate of drug-likeness (QED) is 0.732. The molecule has 3 nitrogen and oxygen atoms in total. The lowest BCUT2D eigenvalue weighted by atomic mass is 9.99. The Morgan fingerprint density at radius 1 is 1.71 bits per heavy atom. The summed E-state index contributed by atoms with van der Waals surface area (Å²) < 4.78 is 0. The summed E-state index contributed by atoms with van der Waals surface area (Å²) in [5.74, 6) is 0.413. The van der Waals surface area contributed by atoms with E-state index in [9.17, 15) is 4.79 Å². The maximum atomic E-state index is 11.7. The van der Waals surface area contributed by atoms with Crippen LogP contribution in [-0.4, -0.2) is 37.0 Å². The molecular weight excluding hydrogens is 196 g/mol. The van der Waals surface area contributed by atoms with Crippen molar-refractivity contribution in [3.63, 3.8) is 0 Å². The first-order chi connectivity index (χ1) is 6.74. The van der Waals surface area contributed by atoms with Gasteiger partial charge in [0.15, 0.2) is 0 Å². The van der Waals surface area contributed by atoms with Gasteiger partial charge in [0.1, 0.15) is 0 Å². The van der Waals surface area contributed by atoms with E-state index in [1.807, 2.05) is 0 Å². The topological polar surface area (TPSA) is 41.1 Å². The third kappa shape index (κ3) is 3.88. The smallest absolute Gasteiger partial charge is 0.224 e. The van der Waals surface area contributed by atoms with Gasteiger partial charge in [-0.1, -0.05) is 6.92 Å². The van der Waals surface area contributed by atoms with E-state index >= 15 is 0 Å². The van der Waals surface area contributed by atoms with Crippen LogP contribution in [0, 0.1) is 5.92 Å². The van der Waals surface area contributed by atoms with Gasteiger partial charge in [0.05, 0.1) is 5.92 Å². The summed E-state index contributed by atoms with van der Waals surface area (Å²) in [5, 5.41) is 6.76. The summed E-state index contributed by atoms with van der Waals surface area (Å²) in [6.45, 7) is 4.82. The minimum absolute atomic E-state index is 0.192. The molecule has 1 unspecified atom stereocenters. The Kier molecular flexibility index (Phi) is 5.33. The third-order valence-corrected chi connectivity index (χ3v) is 3.61. The fourth-order valence-electron chi connectivity index (χ4n) is 1.55. The molecule has 82 valence electrons. The minimum atomic E-state index is 0.192. The van der Waals surface area contributed by atoms with Crippen molar-refractivity contribution in [1.29, 1.82) is 0 Å². The molecule has 0 aromatic rings. The number of thioether (sulfide) groups is 1. The predicted molar refractivity (Wildman–Crippen MR) is 61.6 cm³/mol. The number of carbonyl (C=O) groups excluding carboxylic acids is 1. The van der Waals surface area contributed by atoms with E-state index in [4.69, 9.17) is 0 Å². The Morgan fingerprint density at radius 2 is 2.50 bits per heavy atom. The van der Waals surface area contributed by atoms with Gasteiger partial charge in [-0.05, 0) is 25.6 Å². The van der Waals surface area contributed by atoms with Crippen molar-refractivity contribution >= 4 is 17.7 Å². The highest BCUT2D eigenvalue weighted by Gasteiger charge is 2.20. The molecule has 0 aromatic carbocycles. The summed E-state index contributed by atoms with van der Waals surface area (Å²) >= 11 is 1.78. The molecule has 0 aliphatic carbocycles. The van der Waals surface area contributed by atoms with Crippen LogP contribution >= 0.6 is 11.8 Å². The molecule has 1 saturated heterocycles. The zero-order valence-electron chi connectivity index (χ0n) is 9.01. The number of rotatable bonds is 4. The highest BCUT2D eigenvalue weighted by molar-refractivity contribution is 7.99. The first-order valence-electron chi connectivity index (χ1n) is 5.25. The van der Waals surface area contributed by atoms with Crippen LogP contribution in [0.1, 0.15) is 19.8 Å². The molecule has 1 amide bonds. The number of carbonyl (C=O) groups is 1. The Morgan fingerprint density at radius 3 is 3.07 bits per heavy atom. The van der Waals surface area contributed by atoms with Gasteiger partial charge in [-0.25, -0.2) is 0 Å². The molecule has 4 heteroatoms. The molecular formula is C10H20N2OS. The first-order valence-corrected chi connectivity index (χ1v) is 6.54. The number of amides is 1. The lowest BCUT2D eigenvalue weighted by Crippen LogP contribution is -2.42. The fraction of sp³-hybridized carbons (Fsp3) is 0.900. The molecule has 1 heterocycles. The van der Waals surface area contributed by atoms with Crippen LogP contribution in [0.15, 0.2) is 0 Å². The van der Waals surface area contributed by atoms with E-state index in [0.717, 1.165) is 32.5 Å². The lowest BCUT2D eigenvalue weighted by molar-refractivity contribution is -0.125. The highest BCUT2D eigenvalue weighted by atomic mass is 32.2. The second kappa shape index (κ2) is 6.30. The van der Waals surface area contributed by atoms with Gasteiger partial charge >= 0.3 is 0 Å². The molecule has 0 aromatic heterocycles. The van der Waals surface area contributed by atoms with E-state index in [1.54, 1.807) is 11.8 Å². The molecule has 0 bridgehead atoms. The SMILES string of the molecule is CSC(C)CNC(=O)[C@@H]1CCCNC1. The average molecular weight is 216 g/mol. The zero-order valence-corrected chi connectivity index (χ0v) is 9.82. The summed E-state index contributed by atoms with van der Waals surface area (Å²) in [6.07, 6.45) is 4.22. The van der Waals surface area contributed by atoms with Crippen molar-refractivity contribution < 1.29 is 4.79 Å². The maximum Gasteiger partial charge on any atom is 0.224 e. The standard InChI is InChI=1S/C10H20N2OS/c1-8(14-2)6-12-10(13)9-4-3-5-11-7-9/h8-9,11H,3-7H2,1-2H3,(H,12,13)/t8?,9-/m1/s1. The second-order valence-corrected chi connectivity index (χ2v) is 5.11. The summed E-state index contributed by atoms with van der Waals surface area (Å²) in [4.78, 5) is 11.7. The molecule has 1 aliphatic rings. The Hall–Kier alpha value is -0.220. The van der Waals surface area contributed by atoms with Gasteiger partial charge in [-0.3, -0.25) is 4.79 Å². The van der Waals surface area contributed by atoms with Crippen molar-refractivity contribution in [3.05, 3.63) is 0 Å². The molecule has 1 aliphatic heterocycles. The fourth-order valence-corrected chi connectivity index (χ4v) is 1.80. The van der Waals surface area contributed by atoms with Gasteiger partial charge in [0, 0.05) is 18.3 Å². The van der Waals surface area contributed by atoms with Crippen LogP contribution < -0.4 is 10.6 Å². The van der Waals surface area contributed by atoms with Gasteiger partial charge in [-0.2, -0.15) is 11.8 Å². The van der Waals surface area contributed by atoms with Crippen LogP contribution in [0.4, 0.5) is 0 Å². The van der Waals surface area contributed by atoms with Crippen molar-refractivity contribution in [2.75, 3.05) is 25.9 Å². The predicted octanol–water partition coefficient (Wildman–Crippen LogP) is 0.854. The number of piperidine rings is 1. The number of hydrogen-bond acceptors (Lipinski definition) is 3. The van der Waals surface area contributed by atoms with Crippen LogP contribution in [0.5, 0.6) is 0 Å². The molecule has 0 radical (unpaired) electrons. The minimum Gasteiger partial charge on any atom is -0.355 e. The normalized spacial score (nSPS) is 24.3. The highest BCUT2D eigenvalue weighted by Crippen LogP contribution is 2.10. The molecule has 1 fully saturated rings. The zero-order chi connectivity index (χ0) is 10.4. The second-order valence-electron chi connectivity index (χ2n) is 3.83. The summed E-state index contributed by atoms with van der Waals surface area (Å²) in [7, 11) is 0. The van der Waals surface area contributed by atoms with Crippen LogP contribution in [-0.2, 0) is 4.79 Å². The Bertz CT molecular complexity index is 181. The monoisotopic (exact) mass is 216 g/mol. The van der Waals surface area contributed by atoms with Crippen LogP contribution in [0.2, 0.25) is 0 Å².